The first-order valence-corrected chi connectivity index (χ1v) is 9.83. The molecule has 4 rings (SSSR count). The lowest BCUT2D eigenvalue weighted by atomic mass is 9.89. The van der Waals surface area contributed by atoms with Gasteiger partial charge in [-0.15, -0.1) is 0 Å². The highest BCUT2D eigenvalue weighted by molar-refractivity contribution is 6.05. The first-order chi connectivity index (χ1) is 14.2. The van der Waals surface area contributed by atoms with Crippen molar-refractivity contribution < 1.29 is 20.2 Å². The number of benzene rings is 2. The Kier molecular flexibility index (Phi) is 4.49. The fraction of sp³-hybridized carbons (Fsp3) is 0.304. The third-order valence-corrected chi connectivity index (χ3v) is 5.75. The van der Waals surface area contributed by atoms with Crippen LogP contribution in [-0.2, 0) is 15.6 Å². The topological polar surface area (TPSA) is 118 Å². The van der Waals surface area contributed by atoms with Gasteiger partial charge in [-0.2, -0.15) is 0 Å². The van der Waals surface area contributed by atoms with Crippen LogP contribution in [-0.4, -0.2) is 32.5 Å². The molecule has 1 aromatic heterocycles. The molecule has 30 heavy (non-hydrogen) atoms. The summed E-state index contributed by atoms with van der Waals surface area (Å²) in [5.41, 5.74) is 3.03. The van der Waals surface area contributed by atoms with E-state index in [0.29, 0.717) is 24.1 Å². The molecule has 0 saturated heterocycles. The highest BCUT2D eigenvalue weighted by Crippen LogP contribution is 2.50. The number of H-pyrrole nitrogens is 1. The molecular weight excluding hydrogens is 382 g/mol. The molecule has 3 aromatic rings. The predicted molar refractivity (Wildman–Crippen MR) is 116 cm³/mol. The Morgan fingerprint density at radius 2 is 1.87 bits per heavy atom. The van der Waals surface area contributed by atoms with E-state index in [1.54, 1.807) is 6.07 Å². The number of aromatic hydroxyl groups is 2. The van der Waals surface area contributed by atoms with Gasteiger partial charge < -0.3 is 25.7 Å². The van der Waals surface area contributed by atoms with Gasteiger partial charge in [0.05, 0.1) is 11.6 Å². The van der Waals surface area contributed by atoms with E-state index in [1.165, 1.54) is 18.3 Å². The van der Waals surface area contributed by atoms with Crippen molar-refractivity contribution in [1.29, 1.82) is 0 Å². The third kappa shape index (κ3) is 3.26. The highest BCUT2D eigenvalue weighted by Gasteiger charge is 2.51. The number of anilines is 1. The molecule has 7 nitrogen and oxygen atoms in total. The van der Waals surface area contributed by atoms with Crippen LogP contribution >= 0.6 is 0 Å². The van der Waals surface area contributed by atoms with Crippen LogP contribution in [0.25, 0.3) is 10.9 Å². The minimum Gasteiger partial charge on any atom is -0.504 e. The van der Waals surface area contributed by atoms with E-state index in [-0.39, 0.29) is 22.8 Å². The molecule has 7 heteroatoms. The lowest BCUT2D eigenvalue weighted by Gasteiger charge is -2.18. The first-order valence-electron chi connectivity index (χ1n) is 9.83. The molecule has 5 N–H and O–H groups in total. The lowest BCUT2D eigenvalue weighted by Crippen LogP contribution is -2.27. The molecule has 1 aliphatic rings. The van der Waals surface area contributed by atoms with Crippen LogP contribution in [0.3, 0.4) is 0 Å². The van der Waals surface area contributed by atoms with Crippen LogP contribution in [0.4, 0.5) is 5.69 Å². The van der Waals surface area contributed by atoms with Gasteiger partial charge in [0.1, 0.15) is 0 Å². The Labute approximate surface area is 174 Å². The molecule has 1 saturated carbocycles. The van der Waals surface area contributed by atoms with Crippen LogP contribution in [0.5, 0.6) is 11.5 Å². The van der Waals surface area contributed by atoms with E-state index in [4.69, 9.17) is 5.21 Å². The van der Waals surface area contributed by atoms with E-state index in [9.17, 15) is 15.0 Å². The molecule has 0 atom stereocenters. The Morgan fingerprint density at radius 3 is 2.47 bits per heavy atom. The van der Waals surface area contributed by atoms with Gasteiger partial charge in [-0.05, 0) is 48.7 Å². The minimum absolute atomic E-state index is 0.157. The summed E-state index contributed by atoms with van der Waals surface area (Å²) in [6.45, 7) is 6.21. The van der Waals surface area contributed by atoms with Crippen molar-refractivity contribution in [2.24, 2.45) is 5.16 Å². The lowest BCUT2D eigenvalue weighted by molar-refractivity contribution is -0.118. The van der Waals surface area contributed by atoms with Gasteiger partial charge >= 0.3 is 0 Å². The van der Waals surface area contributed by atoms with Crippen LogP contribution in [0.2, 0.25) is 0 Å². The molecule has 1 fully saturated rings. The second-order valence-electron chi connectivity index (χ2n) is 8.91. The number of rotatable bonds is 4. The number of aromatic nitrogens is 1. The van der Waals surface area contributed by atoms with Crippen molar-refractivity contribution in [3.05, 3.63) is 53.2 Å². The van der Waals surface area contributed by atoms with Crippen LogP contribution in [0, 0.1) is 0 Å². The van der Waals surface area contributed by atoms with Crippen molar-refractivity contribution >= 4 is 28.7 Å². The predicted octanol–water partition coefficient (Wildman–Crippen LogP) is 4.36. The molecule has 0 bridgehead atoms. The Bertz CT molecular complexity index is 1170. The zero-order valence-corrected chi connectivity index (χ0v) is 17.2. The van der Waals surface area contributed by atoms with Gasteiger partial charge in [-0.1, -0.05) is 32.0 Å². The maximum Gasteiger partial charge on any atom is 0.235 e. The smallest absolute Gasteiger partial charge is 0.235 e. The molecular formula is C23H25N3O4. The number of carbonyl (C=O) groups excluding carboxylic acids is 1. The Balaban J connectivity index is 1.68. The van der Waals surface area contributed by atoms with Crippen molar-refractivity contribution in [3.8, 4) is 11.5 Å². The zero-order chi connectivity index (χ0) is 21.7. The van der Waals surface area contributed by atoms with E-state index < -0.39 is 5.41 Å². The van der Waals surface area contributed by atoms with E-state index in [2.05, 4.69) is 36.2 Å². The van der Waals surface area contributed by atoms with Gasteiger partial charge in [-0.3, -0.25) is 4.79 Å². The SMILES string of the molecule is CC(C)(C)c1[nH]c2ccc(NC(=O)C3(c4ccc(O)c(O)c4)CC3)cc2c1/C=N\O. The summed E-state index contributed by atoms with van der Waals surface area (Å²) in [7, 11) is 0. The monoisotopic (exact) mass is 407 g/mol. The number of carbonyl (C=O) groups is 1. The van der Waals surface area contributed by atoms with Gasteiger partial charge in [0, 0.05) is 33.3 Å². The van der Waals surface area contributed by atoms with E-state index in [1.807, 2.05) is 18.2 Å². The Hall–Kier alpha value is -3.48. The molecule has 156 valence electrons. The average molecular weight is 407 g/mol. The number of phenols is 2. The third-order valence-electron chi connectivity index (χ3n) is 5.75. The maximum absolute atomic E-state index is 13.1. The number of fused-ring (bicyclic) bond motifs is 1. The number of hydrogen-bond donors (Lipinski definition) is 5. The fourth-order valence-corrected chi connectivity index (χ4v) is 3.92. The van der Waals surface area contributed by atoms with Gasteiger partial charge in [0.2, 0.25) is 5.91 Å². The van der Waals surface area contributed by atoms with Crippen molar-refractivity contribution in [1.82, 2.24) is 4.98 Å². The van der Waals surface area contributed by atoms with Gasteiger partial charge in [-0.25, -0.2) is 0 Å². The zero-order valence-electron chi connectivity index (χ0n) is 17.2. The van der Waals surface area contributed by atoms with E-state index >= 15 is 0 Å². The molecule has 0 aliphatic heterocycles. The summed E-state index contributed by atoms with van der Waals surface area (Å²) in [6.07, 6.45) is 2.75. The number of amides is 1. The molecule has 1 amide bonds. The summed E-state index contributed by atoms with van der Waals surface area (Å²) in [4.78, 5) is 16.5. The number of aromatic amines is 1. The fourth-order valence-electron chi connectivity index (χ4n) is 3.92. The van der Waals surface area contributed by atoms with Crippen LogP contribution in [0.15, 0.2) is 41.6 Å². The normalized spacial score (nSPS) is 15.6. The quantitative estimate of drug-likeness (QED) is 0.191. The maximum atomic E-state index is 13.1. The van der Waals surface area contributed by atoms with E-state index in [0.717, 1.165) is 22.2 Å². The largest absolute Gasteiger partial charge is 0.504 e. The number of oxime groups is 1. The number of hydrogen-bond acceptors (Lipinski definition) is 5. The number of nitrogens with one attached hydrogen (secondary N) is 2. The second kappa shape index (κ2) is 6.79. The number of phenolic OH excluding ortho intramolecular Hbond substituents is 2. The number of nitrogens with zero attached hydrogens (tertiary/aromatic N) is 1. The summed E-state index contributed by atoms with van der Waals surface area (Å²) >= 11 is 0. The summed E-state index contributed by atoms with van der Waals surface area (Å²) in [6, 6.07) is 10.1. The molecule has 0 spiro atoms. The van der Waals surface area contributed by atoms with Crippen molar-refractivity contribution in [2.75, 3.05) is 5.32 Å². The van der Waals surface area contributed by atoms with Crippen LogP contribution < -0.4 is 5.32 Å². The molecule has 0 radical (unpaired) electrons. The molecule has 2 aromatic carbocycles. The first kappa shape index (κ1) is 19.8. The highest BCUT2D eigenvalue weighted by atomic mass is 16.4. The molecule has 0 unspecified atom stereocenters. The standard InChI is InChI=1S/C23H25N3O4/c1-22(2,3)20-16(12-24-30)15-11-14(5-6-17(15)26-20)25-21(29)23(8-9-23)13-4-7-18(27)19(28)10-13/h4-7,10-12,26-28,30H,8-9H2,1-3H3,(H,25,29)/b24-12-. The van der Waals surface area contributed by atoms with Gasteiger partial charge in [0.25, 0.3) is 0 Å². The van der Waals surface area contributed by atoms with Crippen LogP contribution in [0.1, 0.15) is 50.4 Å². The average Bonchev–Trinajstić information content (AvgIpc) is 3.41. The summed E-state index contributed by atoms with van der Waals surface area (Å²) < 4.78 is 0. The van der Waals surface area contributed by atoms with Crippen molar-refractivity contribution in [3.63, 3.8) is 0 Å². The van der Waals surface area contributed by atoms with Gasteiger partial charge in [0.15, 0.2) is 11.5 Å². The summed E-state index contributed by atoms with van der Waals surface area (Å²) in [5.74, 6) is -0.598. The Morgan fingerprint density at radius 1 is 1.13 bits per heavy atom. The second-order valence-corrected chi connectivity index (χ2v) is 8.91. The van der Waals surface area contributed by atoms with Crippen molar-refractivity contribution in [2.45, 2.75) is 44.4 Å². The minimum atomic E-state index is -0.704. The summed E-state index contributed by atoms with van der Waals surface area (Å²) in [5, 5.41) is 35.5. The molecule has 1 heterocycles. The molecule has 1 aliphatic carbocycles.